The van der Waals surface area contributed by atoms with Crippen LogP contribution in [-0.4, -0.2) is 6.03 Å². The van der Waals surface area contributed by atoms with Crippen molar-refractivity contribution >= 4 is 17.4 Å². The van der Waals surface area contributed by atoms with E-state index >= 15 is 0 Å². The van der Waals surface area contributed by atoms with Gasteiger partial charge in [-0.15, -0.1) is 0 Å². The Labute approximate surface area is 124 Å². The Morgan fingerprint density at radius 3 is 2.33 bits per heavy atom. The average molecular weight is 279 g/mol. The lowest BCUT2D eigenvalue weighted by Crippen LogP contribution is -2.19. The minimum Gasteiger partial charge on any atom is -0.308 e. The summed E-state index contributed by atoms with van der Waals surface area (Å²) < 4.78 is 0. The van der Waals surface area contributed by atoms with Crippen LogP contribution in [0.25, 0.3) is 0 Å². The highest BCUT2D eigenvalue weighted by atomic mass is 16.2. The second-order valence-electron chi connectivity index (χ2n) is 5.05. The number of amides is 2. The van der Waals surface area contributed by atoms with Crippen LogP contribution in [0.3, 0.4) is 0 Å². The van der Waals surface area contributed by atoms with Gasteiger partial charge < -0.3 is 10.6 Å². The fourth-order valence-corrected chi connectivity index (χ4v) is 1.91. The number of hydrogen-bond donors (Lipinski definition) is 2. The van der Waals surface area contributed by atoms with Gasteiger partial charge in [-0.3, -0.25) is 0 Å². The van der Waals surface area contributed by atoms with E-state index in [-0.39, 0.29) is 6.03 Å². The van der Waals surface area contributed by atoms with Crippen LogP contribution >= 0.6 is 0 Å². The molecule has 0 atom stereocenters. The summed E-state index contributed by atoms with van der Waals surface area (Å²) in [6, 6.07) is 16.2. The first kappa shape index (κ1) is 14.6. The number of hydrogen-bond acceptors (Lipinski definition) is 2. The van der Waals surface area contributed by atoms with Crippen molar-refractivity contribution in [3.05, 3.63) is 59.7 Å². The Morgan fingerprint density at radius 2 is 1.71 bits per heavy atom. The van der Waals surface area contributed by atoms with Gasteiger partial charge in [-0.25, -0.2) is 4.79 Å². The van der Waals surface area contributed by atoms with Crippen molar-refractivity contribution < 1.29 is 4.79 Å². The van der Waals surface area contributed by atoms with Crippen molar-refractivity contribution in [1.82, 2.24) is 0 Å². The molecule has 21 heavy (non-hydrogen) atoms. The van der Waals surface area contributed by atoms with Gasteiger partial charge in [0.25, 0.3) is 0 Å². The second-order valence-corrected chi connectivity index (χ2v) is 5.05. The SMILES string of the molecule is CC(C)c1ccc(NC(=O)Nc2cccc(C#N)c2)cc1. The van der Waals surface area contributed by atoms with Gasteiger partial charge in [-0.2, -0.15) is 5.26 Å². The smallest absolute Gasteiger partial charge is 0.308 e. The summed E-state index contributed by atoms with van der Waals surface area (Å²) in [5.41, 5.74) is 3.05. The van der Waals surface area contributed by atoms with Gasteiger partial charge >= 0.3 is 6.03 Å². The number of carbonyl (C=O) groups is 1. The summed E-state index contributed by atoms with van der Waals surface area (Å²) in [4.78, 5) is 11.9. The van der Waals surface area contributed by atoms with Crippen LogP contribution in [0.5, 0.6) is 0 Å². The summed E-state index contributed by atoms with van der Waals surface area (Å²) in [5, 5.41) is 14.3. The maximum atomic E-state index is 11.9. The van der Waals surface area contributed by atoms with E-state index in [9.17, 15) is 4.79 Å². The molecule has 2 N–H and O–H groups in total. The topological polar surface area (TPSA) is 64.9 Å². The number of rotatable bonds is 3. The first-order chi connectivity index (χ1) is 10.1. The zero-order valence-electron chi connectivity index (χ0n) is 12.1. The van der Waals surface area contributed by atoms with E-state index in [2.05, 4.69) is 24.5 Å². The monoisotopic (exact) mass is 279 g/mol. The Kier molecular flexibility index (Phi) is 4.57. The Hall–Kier alpha value is -2.80. The van der Waals surface area contributed by atoms with E-state index < -0.39 is 0 Å². The molecular formula is C17H17N3O. The van der Waals surface area contributed by atoms with E-state index in [4.69, 9.17) is 5.26 Å². The molecule has 0 radical (unpaired) electrons. The molecule has 106 valence electrons. The number of urea groups is 1. The van der Waals surface area contributed by atoms with Crippen LogP contribution in [0, 0.1) is 11.3 Å². The molecule has 2 rings (SSSR count). The number of benzene rings is 2. The Bertz CT molecular complexity index is 669. The van der Waals surface area contributed by atoms with Crippen LogP contribution < -0.4 is 10.6 Å². The van der Waals surface area contributed by atoms with Crippen molar-refractivity contribution in [2.45, 2.75) is 19.8 Å². The van der Waals surface area contributed by atoms with Crippen molar-refractivity contribution in [2.24, 2.45) is 0 Å². The number of nitriles is 1. The predicted molar refractivity (Wildman–Crippen MR) is 84.3 cm³/mol. The minimum atomic E-state index is -0.331. The van der Waals surface area contributed by atoms with Gasteiger partial charge in [0.05, 0.1) is 11.6 Å². The predicted octanol–water partition coefficient (Wildman–Crippen LogP) is 4.33. The molecule has 2 amide bonds. The highest BCUT2D eigenvalue weighted by Crippen LogP contribution is 2.17. The van der Waals surface area contributed by atoms with Gasteiger partial charge in [0.15, 0.2) is 0 Å². The molecule has 2 aromatic rings. The molecule has 0 fully saturated rings. The fourth-order valence-electron chi connectivity index (χ4n) is 1.91. The normalized spacial score (nSPS) is 10.0. The fraction of sp³-hybridized carbons (Fsp3) is 0.176. The van der Waals surface area contributed by atoms with E-state index in [0.717, 1.165) is 5.69 Å². The third kappa shape index (κ3) is 4.08. The molecule has 0 aliphatic heterocycles. The summed E-state index contributed by atoms with van der Waals surface area (Å²) >= 11 is 0. The molecule has 0 aliphatic rings. The Balaban J connectivity index is 1.99. The summed E-state index contributed by atoms with van der Waals surface area (Å²) in [6.07, 6.45) is 0. The van der Waals surface area contributed by atoms with Gasteiger partial charge in [0.1, 0.15) is 0 Å². The van der Waals surface area contributed by atoms with Crippen molar-refractivity contribution in [1.29, 1.82) is 5.26 Å². The van der Waals surface area contributed by atoms with Gasteiger partial charge in [-0.05, 0) is 41.8 Å². The molecule has 4 heteroatoms. The van der Waals surface area contributed by atoms with Crippen LogP contribution in [-0.2, 0) is 0 Å². The van der Waals surface area contributed by atoms with Gasteiger partial charge in [-0.1, -0.05) is 32.0 Å². The standard InChI is InChI=1S/C17H17N3O/c1-12(2)14-6-8-15(9-7-14)19-17(21)20-16-5-3-4-13(10-16)11-18/h3-10,12H,1-2H3,(H2,19,20,21). The van der Waals surface area contributed by atoms with Crippen LogP contribution in [0.15, 0.2) is 48.5 Å². The number of nitrogens with zero attached hydrogens (tertiary/aromatic N) is 1. The average Bonchev–Trinajstić information content (AvgIpc) is 2.47. The van der Waals surface area contributed by atoms with E-state index in [1.54, 1.807) is 24.3 Å². The molecule has 0 saturated heterocycles. The first-order valence-corrected chi connectivity index (χ1v) is 6.76. The summed E-state index contributed by atoms with van der Waals surface area (Å²) in [5.74, 6) is 0.460. The lowest BCUT2D eigenvalue weighted by Gasteiger charge is -2.09. The van der Waals surface area contributed by atoms with E-state index in [1.165, 1.54) is 5.56 Å². The molecule has 0 aliphatic carbocycles. The highest BCUT2D eigenvalue weighted by Gasteiger charge is 2.04. The zero-order valence-corrected chi connectivity index (χ0v) is 12.1. The quantitative estimate of drug-likeness (QED) is 0.878. The molecule has 0 aromatic heterocycles. The number of carbonyl (C=O) groups excluding carboxylic acids is 1. The summed E-state index contributed by atoms with van der Waals surface area (Å²) in [7, 11) is 0. The largest absolute Gasteiger partial charge is 0.323 e. The molecule has 0 bridgehead atoms. The highest BCUT2D eigenvalue weighted by molar-refractivity contribution is 5.99. The molecule has 0 saturated carbocycles. The lowest BCUT2D eigenvalue weighted by molar-refractivity contribution is 0.262. The maximum absolute atomic E-state index is 11.9. The third-order valence-electron chi connectivity index (χ3n) is 3.08. The molecule has 4 nitrogen and oxygen atoms in total. The summed E-state index contributed by atoms with van der Waals surface area (Å²) in [6.45, 7) is 4.24. The molecule has 0 heterocycles. The molecule has 0 unspecified atom stereocenters. The molecule has 2 aromatic carbocycles. The first-order valence-electron chi connectivity index (χ1n) is 6.76. The third-order valence-corrected chi connectivity index (χ3v) is 3.08. The van der Waals surface area contributed by atoms with Crippen molar-refractivity contribution in [3.8, 4) is 6.07 Å². The Morgan fingerprint density at radius 1 is 1.05 bits per heavy atom. The minimum absolute atomic E-state index is 0.331. The van der Waals surface area contributed by atoms with Crippen LogP contribution in [0.2, 0.25) is 0 Å². The number of nitrogens with one attached hydrogen (secondary N) is 2. The van der Waals surface area contributed by atoms with Gasteiger partial charge in [0.2, 0.25) is 0 Å². The van der Waals surface area contributed by atoms with E-state index in [1.807, 2.05) is 30.3 Å². The second kappa shape index (κ2) is 6.58. The molecular weight excluding hydrogens is 262 g/mol. The lowest BCUT2D eigenvalue weighted by atomic mass is 10.0. The van der Waals surface area contributed by atoms with Crippen LogP contribution in [0.1, 0.15) is 30.9 Å². The van der Waals surface area contributed by atoms with Crippen molar-refractivity contribution in [2.75, 3.05) is 10.6 Å². The number of anilines is 2. The van der Waals surface area contributed by atoms with E-state index in [0.29, 0.717) is 17.2 Å². The zero-order chi connectivity index (χ0) is 15.2. The molecule has 0 spiro atoms. The van der Waals surface area contributed by atoms with Crippen molar-refractivity contribution in [3.63, 3.8) is 0 Å². The maximum Gasteiger partial charge on any atom is 0.323 e. The van der Waals surface area contributed by atoms with Gasteiger partial charge in [0, 0.05) is 11.4 Å². The van der Waals surface area contributed by atoms with Crippen LogP contribution in [0.4, 0.5) is 16.2 Å².